The number of nitrogens with zero attached hydrogens (tertiary/aromatic N) is 4. The monoisotopic (exact) mass is 479 g/mol. The van der Waals surface area contributed by atoms with Gasteiger partial charge in [0.25, 0.3) is 0 Å². The lowest BCUT2D eigenvalue weighted by molar-refractivity contribution is -0.108. The highest BCUT2D eigenvalue weighted by atomic mass is 19.1. The Labute approximate surface area is 208 Å². The van der Waals surface area contributed by atoms with Crippen LogP contribution in [0.4, 0.5) is 4.39 Å². The van der Waals surface area contributed by atoms with Gasteiger partial charge in [0.1, 0.15) is 17.5 Å². The molecule has 0 aliphatic heterocycles. The molecule has 0 spiro atoms. The van der Waals surface area contributed by atoms with Crippen molar-refractivity contribution in [3.05, 3.63) is 71.3 Å². The fourth-order valence-corrected chi connectivity index (χ4v) is 3.83. The van der Waals surface area contributed by atoms with Crippen molar-refractivity contribution in [1.82, 2.24) is 19.8 Å². The summed E-state index contributed by atoms with van der Waals surface area (Å²) in [6.45, 7) is 12.2. The van der Waals surface area contributed by atoms with Crippen LogP contribution in [-0.4, -0.2) is 40.3 Å². The predicted molar refractivity (Wildman–Crippen MR) is 144 cm³/mol. The van der Waals surface area contributed by atoms with E-state index in [1.165, 1.54) is 18.6 Å². The molecule has 1 N–H and O–H groups in total. The fraction of sp³-hybridized carbons (Fsp3) is 0.393. The summed E-state index contributed by atoms with van der Waals surface area (Å²) in [5, 5.41) is 2.75. The molecule has 1 amide bonds. The van der Waals surface area contributed by atoms with Crippen molar-refractivity contribution in [2.24, 2.45) is 4.99 Å². The van der Waals surface area contributed by atoms with E-state index in [1.54, 1.807) is 6.07 Å². The molecule has 3 rings (SSSR count). The maximum Gasteiger partial charge on any atom is 0.211 e. The lowest BCUT2D eigenvalue weighted by Gasteiger charge is -2.22. The molecule has 1 aromatic heterocycles. The summed E-state index contributed by atoms with van der Waals surface area (Å²) in [4.78, 5) is 22.5. The quantitative estimate of drug-likeness (QED) is 0.232. The van der Waals surface area contributed by atoms with Crippen LogP contribution in [-0.2, 0) is 17.9 Å². The summed E-state index contributed by atoms with van der Waals surface area (Å²) < 4.78 is 16.0. The van der Waals surface area contributed by atoms with E-state index in [0.717, 1.165) is 52.5 Å². The third kappa shape index (κ3) is 7.25. The largest absolute Gasteiger partial charge is 0.352 e. The first-order valence-electron chi connectivity index (χ1n) is 12.3. The van der Waals surface area contributed by atoms with Crippen molar-refractivity contribution in [3.8, 4) is 0 Å². The number of aromatic nitrogens is 2. The van der Waals surface area contributed by atoms with Gasteiger partial charge in [0.2, 0.25) is 6.41 Å². The van der Waals surface area contributed by atoms with Crippen LogP contribution in [0.1, 0.15) is 64.4 Å². The molecule has 0 bridgehead atoms. The third-order valence-corrected chi connectivity index (χ3v) is 5.22. The molecule has 0 aliphatic carbocycles. The summed E-state index contributed by atoms with van der Waals surface area (Å²) in [6, 6.07) is 12.5. The molecule has 0 saturated carbocycles. The van der Waals surface area contributed by atoms with Gasteiger partial charge in [-0.25, -0.2) is 9.37 Å². The normalized spacial score (nSPS) is 11.7. The van der Waals surface area contributed by atoms with Crippen molar-refractivity contribution < 1.29 is 9.18 Å². The fourth-order valence-electron chi connectivity index (χ4n) is 3.83. The number of rotatable bonds is 9. The van der Waals surface area contributed by atoms with Gasteiger partial charge in [-0.05, 0) is 50.1 Å². The summed E-state index contributed by atoms with van der Waals surface area (Å²) in [6.07, 6.45) is 4.76. The van der Waals surface area contributed by atoms with Gasteiger partial charge in [-0.1, -0.05) is 51.5 Å². The Morgan fingerprint density at radius 2 is 1.89 bits per heavy atom. The Bertz CT molecular complexity index is 1170. The van der Waals surface area contributed by atoms with Crippen LogP contribution in [0.2, 0.25) is 0 Å². The average molecular weight is 480 g/mol. The molecule has 3 aromatic rings. The number of allylic oxidation sites excluding steroid dienone is 1. The van der Waals surface area contributed by atoms with Crippen molar-refractivity contribution in [1.29, 1.82) is 0 Å². The highest BCUT2D eigenvalue weighted by Gasteiger charge is 2.17. The van der Waals surface area contributed by atoms with Gasteiger partial charge >= 0.3 is 0 Å². The third-order valence-electron chi connectivity index (χ3n) is 5.22. The van der Waals surface area contributed by atoms with E-state index in [4.69, 9.17) is 4.98 Å². The maximum absolute atomic E-state index is 13.8. The van der Waals surface area contributed by atoms with Crippen molar-refractivity contribution in [2.75, 3.05) is 13.6 Å². The number of aryl methyl sites for hydroxylation is 1. The molecule has 0 radical (unpaired) electrons. The van der Waals surface area contributed by atoms with Crippen LogP contribution in [0.5, 0.6) is 0 Å². The van der Waals surface area contributed by atoms with E-state index in [2.05, 4.69) is 41.7 Å². The van der Waals surface area contributed by atoms with E-state index >= 15 is 0 Å². The Balaban J connectivity index is 0.00000137. The molecule has 0 unspecified atom stereocenters. The SMILES string of the molecule is C/C=C(/NC=O)c1ccc2nc(CN(C)C(=NCC)c3cccc(F)c3)n(CCC)c2c1.CCC. The van der Waals surface area contributed by atoms with Gasteiger partial charge in [-0.2, -0.15) is 0 Å². The molecule has 35 heavy (non-hydrogen) atoms. The number of carbonyl (C=O) groups excluding carboxylic acids is 1. The average Bonchev–Trinajstić information content (AvgIpc) is 3.17. The first kappa shape index (κ1) is 27.8. The second-order valence-electron chi connectivity index (χ2n) is 8.22. The first-order valence-corrected chi connectivity index (χ1v) is 12.3. The molecular weight excluding hydrogens is 441 g/mol. The molecule has 188 valence electrons. The summed E-state index contributed by atoms with van der Waals surface area (Å²) in [5.41, 5.74) is 4.34. The molecule has 0 atom stereocenters. The summed E-state index contributed by atoms with van der Waals surface area (Å²) >= 11 is 0. The Morgan fingerprint density at radius 3 is 2.49 bits per heavy atom. The topological polar surface area (TPSA) is 62.5 Å². The number of amides is 1. The summed E-state index contributed by atoms with van der Waals surface area (Å²) in [7, 11) is 1.95. The minimum Gasteiger partial charge on any atom is -0.352 e. The number of nitrogens with one attached hydrogen (secondary N) is 1. The van der Waals surface area contributed by atoms with Crippen LogP contribution in [0.15, 0.2) is 53.5 Å². The number of carbonyl (C=O) groups is 1. The lowest BCUT2D eigenvalue weighted by atomic mass is 10.1. The van der Waals surface area contributed by atoms with E-state index in [0.29, 0.717) is 19.5 Å². The van der Waals surface area contributed by atoms with Crippen LogP contribution < -0.4 is 5.32 Å². The number of benzene rings is 2. The smallest absolute Gasteiger partial charge is 0.211 e. The van der Waals surface area contributed by atoms with Crippen LogP contribution >= 0.6 is 0 Å². The Hall–Kier alpha value is -3.48. The van der Waals surface area contributed by atoms with Crippen LogP contribution in [0.25, 0.3) is 16.7 Å². The van der Waals surface area contributed by atoms with Crippen molar-refractivity contribution in [2.45, 2.75) is 60.5 Å². The van der Waals surface area contributed by atoms with E-state index in [9.17, 15) is 9.18 Å². The molecule has 1 heterocycles. The van der Waals surface area contributed by atoms with E-state index < -0.39 is 0 Å². The van der Waals surface area contributed by atoms with Crippen LogP contribution in [0, 0.1) is 5.82 Å². The molecule has 0 aliphatic rings. The van der Waals surface area contributed by atoms with Crippen molar-refractivity contribution in [3.63, 3.8) is 0 Å². The van der Waals surface area contributed by atoms with Gasteiger partial charge in [0.05, 0.1) is 17.6 Å². The molecule has 6 nitrogen and oxygen atoms in total. The van der Waals surface area contributed by atoms with E-state index in [-0.39, 0.29) is 5.82 Å². The van der Waals surface area contributed by atoms with Gasteiger partial charge in [0.15, 0.2) is 0 Å². The first-order chi connectivity index (χ1) is 16.9. The summed E-state index contributed by atoms with van der Waals surface area (Å²) in [5.74, 6) is 1.36. The zero-order valence-corrected chi connectivity index (χ0v) is 21.8. The number of aliphatic imine (C=N–C) groups is 1. The number of halogens is 1. The Kier molecular flexibility index (Phi) is 11.1. The van der Waals surface area contributed by atoms with Gasteiger partial charge in [-0.3, -0.25) is 9.79 Å². The number of amidine groups is 1. The zero-order chi connectivity index (χ0) is 25.8. The lowest BCUT2D eigenvalue weighted by Crippen LogP contribution is -2.29. The molecule has 0 fully saturated rings. The van der Waals surface area contributed by atoms with E-state index in [1.807, 2.05) is 50.1 Å². The molecule has 2 aromatic carbocycles. The van der Waals surface area contributed by atoms with Gasteiger partial charge in [0, 0.05) is 31.4 Å². The van der Waals surface area contributed by atoms with Crippen LogP contribution in [0.3, 0.4) is 0 Å². The molecular formula is C28H38FN5O. The number of hydrogen-bond acceptors (Lipinski definition) is 3. The predicted octanol–water partition coefficient (Wildman–Crippen LogP) is 6.01. The van der Waals surface area contributed by atoms with Gasteiger partial charge < -0.3 is 14.8 Å². The van der Waals surface area contributed by atoms with Gasteiger partial charge in [-0.15, -0.1) is 0 Å². The Morgan fingerprint density at radius 1 is 1.14 bits per heavy atom. The number of fused-ring (bicyclic) bond motifs is 1. The molecule has 7 heteroatoms. The maximum atomic E-state index is 13.8. The number of hydrogen-bond donors (Lipinski definition) is 1. The zero-order valence-electron chi connectivity index (χ0n) is 21.8. The second kappa shape index (κ2) is 14.0. The highest BCUT2D eigenvalue weighted by molar-refractivity contribution is 5.98. The molecule has 0 saturated heterocycles. The standard InChI is InChI=1S/C25H30FN5O.C3H8/c1-5-13-31-23-15-18(21(6-2)28-17-32)11-12-22(23)29-24(31)16-30(4)25(27-7-3)19-9-8-10-20(26)14-19;1-3-2/h6,8-12,14-15,17H,5,7,13,16H2,1-4H3,(H,28,32);3H2,1-2H3/b21-6+,27-25?;. The minimum absolute atomic E-state index is 0.283. The number of imidazole rings is 1. The minimum atomic E-state index is -0.283. The highest BCUT2D eigenvalue weighted by Crippen LogP contribution is 2.23. The van der Waals surface area contributed by atoms with Crippen molar-refractivity contribution >= 4 is 29.0 Å². The second-order valence-corrected chi connectivity index (χ2v) is 8.22.